The Hall–Kier alpha value is -5.48. The van der Waals surface area contributed by atoms with Crippen molar-refractivity contribution >= 4 is 11.0 Å². The van der Waals surface area contributed by atoms with Crippen LogP contribution in [0.4, 0.5) is 0 Å². The third kappa shape index (κ3) is 5.05. The number of aromatic nitrogens is 3. The van der Waals surface area contributed by atoms with Crippen molar-refractivity contribution < 1.29 is 5.11 Å². The predicted octanol–water partition coefficient (Wildman–Crippen LogP) is 10.1. The Bertz CT molecular complexity index is 2030. The summed E-state index contributed by atoms with van der Waals surface area (Å²) in [5.74, 6) is 0.891. The molecule has 0 bridgehead atoms. The number of hydrogen-bond acceptors (Lipinski definition) is 3. The van der Waals surface area contributed by atoms with E-state index in [1.54, 1.807) is 6.07 Å². The molecule has 0 aliphatic rings. The number of rotatable bonds is 5. The van der Waals surface area contributed by atoms with Crippen molar-refractivity contribution in [2.45, 2.75) is 26.2 Å². The Kier molecular flexibility index (Phi) is 6.83. The van der Waals surface area contributed by atoms with Gasteiger partial charge in [-0.1, -0.05) is 87.5 Å². The molecule has 0 spiro atoms. The van der Waals surface area contributed by atoms with Crippen molar-refractivity contribution in [3.63, 3.8) is 0 Å². The number of imidazole rings is 1. The molecule has 0 unspecified atom stereocenters. The number of aromatic hydroxyl groups is 1. The molecule has 5 aromatic carbocycles. The van der Waals surface area contributed by atoms with Crippen LogP contribution in [0.15, 0.2) is 140 Å². The quantitative estimate of drug-likeness (QED) is 0.224. The minimum absolute atomic E-state index is 0.120. The van der Waals surface area contributed by atoms with E-state index in [9.17, 15) is 5.11 Å². The van der Waals surface area contributed by atoms with Crippen molar-refractivity contribution in [3.8, 4) is 56.3 Å². The van der Waals surface area contributed by atoms with Crippen LogP contribution in [0.3, 0.4) is 0 Å². The number of pyridine rings is 1. The van der Waals surface area contributed by atoms with E-state index in [-0.39, 0.29) is 11.2 Å². The van der Waals surface area contributed by atoms with E-state index < -0.39 is 0 Å². The van der Waals surface area contributed by atoms with E-state index in [1.807, 2.05) is 60.8 Å². The SMILES string of the molecule is CC(C)(C)c1cc(-c2cc(-c3ccccc3)cc(-c3ccccn3)c2)c2nc(-c3ccccc3O)n(-c3ccccc3)c2c1. The summed E-state index contributed by atoms with van der Waals surface area (Å²) >= 11 is 0. The summed E-state index contributed by atoms with van der Waals surface area (Å²) in [5.41, 5.74) is 10.9. The zero-order chi connectivity index (χ0) is 30.3. The minimum Gasteiger partial charge on any atom is -0.507 e. The molecule has 214 valence electrons. The van der Waals surface area contributed by atoms with Crippen LogP contribution in [-0.4, -0.2) is 19.6 Å². The topological polar surface area (TPSA) is 50.9 Å². The summed E-state index contributed by atoms with van der Waals surface area (Å²) in [6.07, 6.45) is 1.84. The number of para-hydroxylation sites is 2. The molecular weight excluding hydrogens is 538 g/mol. The second-order valence-corrected chi connectivity index (χ2v) is 12.1. The highest BCUT2D eigenvalue weighted by molar-refractivity contribution is 5.98. The largest absolute Gasteiger partial charge is 0.507 e. The number of nitrogens with zero attached hydrogens (tertiary/aromatic N) is 3. The molecule has 1 N–H and O–H groups in total. The molecule has 44 heavy (non-hydrogen) atoms. The summed E-state index contributed by atoms with van der Waals surface area (Å²) < 4.78 is 2.17. The average molecular weight is 572 g/mol. The van der Waals surface area contributed by atoms with Gasteiger partial charge in [0.15, 0.2) is 0 Å². The molecule has 0 aliphatic carbocycles. The number of phenolic OH excluding ortho intramolecular Hbond substituents is 1. The summed E-state index contributed by atoms with van der Waals surface area (Å²) in [5, 5.41) is 11.0. The van der Waals surface area contributed by atoms with Crippen molar-refractivity contribution in [1.82, 2.24) is 14.5 Å². The first-order chi connectivity index (χ1) is 21.4. The van der Waals surface area contributed by atoms with E-state index in [1.165, 1.54) is 5.56 Å². The second kappa shape index (κ2) is 11.0. The summed E-state index contributed by atoms with van der Waals surface area (Å²) in [7, 11) is 0. The molecule has 0 aliphatic heterocycles. The Morgan fingerprint density at radius 3 is 1.95 bits per heavy atom. The first-order valence-corrected chi connectivity index (χ1v) is 14.9. The first kappa shape index (κ1) is 27.4. The van der Waals surface area contributed by atoms with Gasteiger partial charge in [0.25, 0.3) is 0 Å². The van der Waals surface area contributed by atoms with Crippen molar-refractivity contribution in [2.75, 3.05) is 0 Å². The molecule has 0 saturated heterocycles. The number of fused-ring (bicyclic) bond motifs is 1. The summed E-state index contributed by atoms with van der Waals surface area (Å²) in [4.78, 5) is 10.0. The van der Waals surface area contributed by atoms with E-state index >= 15 is 0 Å². The lowest BCUT2D eigenvalue weighted by molar-refractivity contribution is 0.477. The van der Waals surface area contributed by atoms with E-state index in [0.29, 0.717) is 11.4 Å². The standard InChI is InChI=1S/C40H33N3O/c1-40(2,3)31-25-34(29-22-28(27-14-6-4-7-15-27)23-30(24-29)35-19-12-13-21-41-35)38-36(26-31)43(32-16-8-5-9-17-32)39(42-38)33-18-10-11-20-37(33)44/h4-26,44H,1-3H3. The lowest BCUT2D eigenvalue weighted by Gasteiger charge is -2.21. The molecule has 0 amide bonds. The molecule has 7 aromatic rings. The maximum atomic E-state index is 11.0. The van der Waals surface area contributed by atoms with Crippen molar-refractivity contribution in [2.24, 2.45) is 0 Å². The second-order valence-electron chi connectivity index (χ2n) is 12.1. The fourth-order valence-electron chi connectivity index (χ4n) is 5.77. The fraction of sp³-hybridized carbons (Fsp3) is 0.100. The zero-order valence-electron chi connectivity index (χ0n) is 25.1. The third-order valence-corrected chi connectivity index (χ3v) is 8.10. The van der Waals surface area contributed by atoms with Crippen LogP contribution >= 0.6 is 0 Å². The molecule has 4 nitrogen and oxygen atoms in total. The summed E-state index contributed by atoms with van der Waals surface area (Å²) in [6.45, 7) is 6.72. The molecule has 2 heterocycles. The van der Waals surface area contributed by atoms with Crippen LogP contribution in [0.1, 0.15) is 26.3 Å². The Morgan fingerprint density at radius 1 is 0.591 bits per heavy atom. The van der Waals surface area contributed by atoms with Gasteiger partial charge in [0.1, 0.15) is 11.6 Å². The third-order valence-electron chi connectivity index (χ3n) is 8.10. The van der Waals surface area contributed by atoms with Gasteiger partial charge >= 0.3 is 0 Å². The maximum absolute atomic E-state index is 11.0. The number of hydrogen-bond donors (Lipinski definition) is 1. The van der Waals surface area contributed by atoms with E-state index in [2.05, 4.69) is 98.1 Å². The Labute approximate surface area is 258 Å². The average Bonchev–Trinajstić information content (AvgIpc) is 3.44. The highest BCUT2D eigenvalue weighted by Gasteiger charge is 2.24. The Morgan fingerprint density at radius 2 is 1.25 bits per heavy atom. The van der Waals surface area contributed by atoms with Crippen LogP contribution < -0.4 is 0 Å². The van der Waals surface area contributed by atoms with Crippen LogP contribution in [0, 0.1) is 0 Å². The van der Waals surface area contributed by atoms with Crippen molar-refractivity contribution in [3.05, 3.63) is 145 Å². The predicted molar refractivity (Wildman–Crippen MR) is 181 cm³/mol. The van der Waals surface area contributed by atoms with E-state index in [4.69, 9.17) is 9.97 Å². The molecule has 4 heteroatoms. The summed E-state index contributed by atoms with van der Waals surface area (Å²) in [6, 6.07) is 45.4. The van der Waals surface area contributed by atoms with Crippen LogP contribution in [0.25, 0.3) is 61.6 Å². The lowest BCUT2D eigenvalue weighted by atomic mass is 9.84. The van der Waals surface area contributed by atoms with Crippen LogP contribution in [-0.2, 0) is 5.41 Å². The fourth-order valence-corrected chi connectivity index (χ4v) is 5.77. The minimum atomic E-state index is -0.120. The van der Waals surface area contributed by atoms with Crippen molar-refractivity contribution in [1.29, 1.82) is 0 Å². The smallest absolute Gasteiger partial charge is 0.149 e. The molecule has 0 radical (unpaired) electrons. The van der Waals surface area contributed by atoms with E-state index in [0.717, 1.165) is 50.2 Å². The molecule has 7 rings (SSSR count). The molecular formula is C40H33N3O. The normalized spacial score (nSPS) is 11.6. The van der Waals surface area contributed by atoms with Gasteiger partial charge in [-0.2, -0.15) is 0 Å². The number of benzene rings is 5. The maximum Gasteiger partial charge on any atom is 0.149 e. The molecule has 0 atom stereocenters. The van der Waals surface area contributed by atoms with Gasteiger partial charge in [0.05, 0.1) is 22.3 Å². The first-order valence-electron chi connectivity index (χ1n) is 14.9. The highest BCUT2D eigenvalue weighted by atomic mass is 16.3. The van der Waals surface area contributed by atoms with Crippen LogP contribution in [0.5, 0.6) is 5.75 Å². The van der Waals surface area contributed by atoms with Gasteiger partial charge in [-0.25, -0.2) is 4.98 Å². The van der Waals surface area contributed by atoms with Gasteiger partial charge in [0, 0.05) is 23.0 Å². The van der Waals surface area contributed by atoms with Gasteiger partial charge < -0.3 is 5.11 Å². The van der Waals surface area contributed by atoms with Gasteiger partial charge in [-0.3, -0.25) is 9.55 Å². The van der Waals surface area contributed by atoms with Gasteiger partial charge in [-0.05, 0) is 94.4 Å². The molecule has 0 saturated carbocycles. The lowest BCUT2D eigenvalue weighted by Crippen LogP contribution is -2.11. The van der Waals surface area contributed by atoms with Crippen LogP contribution in [0.2, 0.25) is 0 Å². The highest BCUT2D eigenvalue weighted by Crippen LogP contribution is 2.41. The van der Waals surface area contributed by atoms with Gasteiger partial charge in [0.2, 0.25) is 0 Å². The van der Waals surface area contributed by atoms with Gasteiger partial charge in [-0.15, -0.1) is 0 Å². The monoisotopic (exact) mass is 571 g/mol. The molecule has 2 aromatic heterocycles. The zero-order valence-corrected chi connectivity index (χ0v) is 25.1. The molecule has 0 fully saturated rings. The Balaban J connectivity index is 1.59. The number of phenols is 1.